The summed E-state index contributed by atoms with van der Waals surface area (Å²) in [6.07, 6.45) is 0. The Bertz CT molecular complexity index is 1470. The average molecular weight is 529 g/mol. The number of hydrogen-bond donors (Lipinski definition) is 1. The fourth-order valence-corrected chi connectivity index (χ4v) is 7.73. The Morgan fingerprint density at radius 3 is 1.92 bits per heavy atom. The van der Waals surface area contributed by atoms with E-state index in [0.717, 1.165) is 26.4 Å². The first-order valence-corrected chi connectivity index (χ1v) is 13.9. The molecule has 1 saturated heterocycles. The van der Waals surface area contributed by atoms with Gasteiger partial charge in [-0.25, -0.2) is 0 Å². The van der Waals surface area contributed by atoms with E-state index in [0.29, 0.717) is 11.1 Å². The Hall–Kier alpha value is -3.55. The molecule has 3 heterocycles. The number of carbonyl (C=O) groups excluding carboxylic acids is 3. The van der Waals surface area contributed by atoms with Crippen LogP contribution in [0.4, 0.5) is 0 Å². The average Bonchev–Trinajstić information content (AvgIpc) is 3.60. The Morgan fingerprint density at radius 1 is 0.757 bits per heavy atom. The van der Waals surface area contributed by atoms with Crippen LogP contribution in [0.25, 0.3) is 0 Å². The number of hydrogen-bond acceptors (Lipinski definition) is 5. The van der Waals surface area contributed by atoms with Crippen molar-refractivity contribution in [3.8, 4) is 0 Å². The first-order chi connectivity index (χ1) is 17.8. The molecule has 2 aromatic carbocycles. The van der Waals surface area contributed by atoms with Gasteiger partial charge in [0.05, 0.1) is 12.0 Å². The molecule has 0 spiro atoms. The van der Waals surface area contributed by atoms with Gasteiger partial charge in [-0.2, -0.15) is 0 Å². The minimum Gasteiger partial charge on any atom is -0.368 e. The number of carbonyl (C=O) groups is 3. The number of Topliss-reactive ketones (excluding diaryl/α,β-unsaturated/α-hetero) is 1. The summed E-state index contributed by atoms with van der Waals surface area (Å²) in [6, 6.07) is 18.8. The Morgan fingerprint density at radius 2 is 1.35 bits per heavy atom. The second kappa shape index (κ2) is 10.1. The van der Waals surface area contributed by atoms with Crippen LogP contribution in [-0.2, 0) is 4.79 Å². The van der Waals surface area contributed by atoms with E-state index in [-0.39, 0.29) is 11.7 Å². The predicted octanol–water partition coefficient (Wildman–Crippen LogP) is 6.07. The molecule has 0 aliphatic carbocycles. The molecule has 1 fully saturated rings. The predicted molar refractivity (Wildman–Crippen MR) is 148 cm³/mol. The van der Waals surface area contributed by atoms with Crippen molar-refractivity contribution in [1.29, 1.82) is 0 Å². The van der Waals surface area contributed by atoms with Crippen molar-refractivity contribution < 1.29 is 14.4 Å². The van der Waals surface area contributed by atoms with Crippen molar-refractivity contribution in [3.05, 3.63) is 115 Å². The third-order valence-corrected chi connectivity index (χ3v) is 9.51. The summed E-state index contributed by atoms with van der Waals surface area (Å²) in [4.78, 5) is 45.3. The Kier molecular flexibility index (Phi) is 6.84. The lowest BCUT2D eigenvalue weighted by Gasteiger charge is -2.30. The highest BCUT2D eigenvalue weighted by molar-refractivity contribution is 7.10. The largest absolute Gasteiger partial charge is 0.368 e. The molecule has 0 bridgehead atoms. The van der Waals surface area contributed by atoms with Crippen LogP contribution in [-0.4, -0.2) is 28.5 Å². The topological polar surface area (TPSA) is 80.5 Å². The maximum Gasteiger partial charge on any atom is 0.255 e. The third-order valence-electron chi connectivity index (χ3n) is 7.30. The highest BCUT2D eigenvalue weighted by Gasteiger charge is 2.58. The van der Waals surface area contributed by atoms with Gasteiger partial charge in [0.2, 0.25) is 5.91 Å². The van der Waals surface area contributed by atoms with Crippen LogP contribution < -0.4 is 5.73 Å². The van der Waals surface area contributed by atoms with Gasteiger partial charge in [0.1, 0.15) is 6.04 Å². The summed E-state index contributed by atoms with van der Waals surface area (Å²) in [6.45, 7) is 5.87. The number of likely N-dealkylation sites (tertiary alicyclic amines) is 1. The first-order valence-electron chi connectivity index (χ1n) is 12.2. The zero-order valence-electron chi connectivity index (χ0n) is 20.9. The highest BCUT2D eigenvalue weighted by atomic mass is 32.1. The number of aryl methyl sites for hydroxylation is 3. The Labute approximate surface area is 224 Å². The van der Waals surface area contributed by atoms with Gasteiger partial charge < -0.3 is 10.6 Å². The highest BCUT2D eigenvalue weighted by Crippen LogP contribution is 2.54. The van der Waals surface area contributed by atoms with E-state index >= 15 is 0 Å². The van der Waals surface area contributed by atoms with Gasteiger partial charge in [0.15, 0.2) is 5.78 Å². The van der Waals surface area contributed by atoms with Crippen molar-refractivity contribution >= 4 is 40.3 Å². The molecule has 1 aliphatic rings. The van der Waals surface area contributed by atoms with Crippen molar-refractivity contribution in [1.82, 2.24) is 4.90 Å². The summed E-state index contributed by atoms with van der Waals surface area (Å²) in [5.74, 6) is -2.24. The Balaban J connectivity index is 1.79. The standard InChI is InChI=1S/C30H28N2O3S2/c1-17-9-7-8-12-21(17)26(33)22-23(27-18(2)13-15-36-27)25(29(31)34)32(24(22)28-19(3)14-16-37-28)30(35)20-10-5-4-6-11-20/h4-16,22-25H,1-3H3,(H2,31,34). The number of primary amides is 1. The van der Waals surface area contributed by atoms with Crippen LogP contribution in [0, 0.1) is 26.7 Å². The quantitative estimate of drug-likeness (QED) is 0.309. The molecular weight excluding hydrogens is 500 g/mol. The molecule has 0 saturated carbocycles. The molecule has 5 nitrogen and oxygen atoms in total. The second-order valence-electron chi connectivity index (χ2n) is 9.54. The van der Waals surface area contributed by atoms with Gasteiger partial charge in [0, 0.05) is 26.8 Å². The monoisotopic (exact) mass is 528 g/mol. The van der Waals surface area contributed by atoms with Crippen LogP contribution in [0.1, 0.15) is 59.1 Å². The second-order valence-corrected chi connectivity index (χ2v) is 11.4. The summed E-state index contributed by atoms with van der Waals surface area (Å²) in [7, 11) is 0. The number of nitrogens with two attached hydrogens (primary N) is 1. The zero-order valence-corrected chi connectivity index (χ0v) is 22.5. The van der Waals surface area contributed by atoms with Crippen LogP contribution in [0.3, 0.4) is 0 Å². The molecule has 4 aromatic rings. The molecule has 1 aliphatic heterocycles. The van der Waals surface area contributed by atoms with E-state index in [1.807, 2.05) is 74.0 Å². The fourth-order valence-electron chi connectivity index (χ4n) is 5.55. The van der Waals surface area contributed by atoms with E-state index in [4.69, 9.17) is 5.73 Å². The van der Waals surface area contributed by atoms with Crippen LogP contribution in [0.5, 0.6) is 0 Å². The van der Waals surface area contributed by atoms with Crippen molar-refractivity contribution in [2.24, 2.45) is 11.7 Å². The lowest BCUT2D eigenvalue weighted by molar-refractivity contribution is -0.122. The molecule has 188 valence electrons. The van der Waals surface area contributed by atoms with E-state index in [2.05, 4.69) is 0 Å². The molecule has 7 heteroatoms. The van der Waals surface area contributed by atoms with E-state index < -0.39 is 29.8 Å². The number of rotatable bonds is 6. The van der Waals surface area contributed by atoms with Crippen molar-refractivity contribution in [3.63, 3.8) is 0 Å². The maximum atomic E-state index is 14.5. The SMILES string of the molecule is Cc1ccccc1C(=O)C1C(c2sccc2C)C(C(N)=O)N(C(=O)c2ccccc2)C1c1sccc1C. The summed E-state index contributed by atoms with van der Waals surface area (Å²) < 4.78 is 0. The molecule has 2 N–H and O–H groups in total. The number of thiophene rings is 2. The number of nitrogens with zero attached hydrogens (tertiary/aromatic N) is 1. The number of amides is 2. The molecule has 4 atom stereocenters. The van der Waals surface area contributed by atoms with Gasteiger partial charge in [-0.3, -0.25) is 14.4 Å². The summed E-state index contributed by atoms with van der Waals surface area (Å²) in [5.41, 5.74) is 9.98. The third kappa shape index (κ3) is 4.32. The van der Waals surface area contributed by atoms with E-state index in [1.165, 1.54) is 22.7 Å². The normalized spacial score (nSPS) is 21.2. The molecular formula is C30H28N2O3S2. The fraction of sp³-hybridized carbons (Fsp3) is 0.233. The minimum absolute atomic E-state index is 0.0803. The zero-order chi connectivity index (χ0) is 26.3. The maximum absolute atomic E-state index is 14.5. The molecule has 2 amide bonds. The van der Waals surface area contributed by atoms with Crippen LogP contribution >= 0.6 is 22.7 Å². The first kappa shape index (κ1) is 25.1. The smallest absolute Gasteiger partial charge is 0.255 e. The molecule has 4 unspecified atom stereocenters. The van der Waals surface area contributed by atoms with Crippen molar-refractivity contribution in [2.75, 3.05) is 0 Å². The van der Waals surface area contributed by atoms with Crippen LogP contribution in [0.2, 0.25) is 0 Å². The van der Waals surface area contributed by atoms with Crippen LogP contribution in [0.15, 0.2) is 77.5 Å². The molecule has 5 rings (SSSR count). The lowest BCUT2D eigenvalue weighted by atomic mass is 9.78. The van der Waals surface area contributed by atoms with Crippen molar-refractivity contribution in [2.45, 2.75) is 38.8 Å². The minimum atomic E-state index is -0.977. The number of ketones is 1. The molecule has 0 radical (unpaired) electrons. The van der Waals surface area contributed by atoms with Gasteiger partial charge in [-0.05, 0) is 72.5 Å². The lowest BCUT2D eigenvalue weighted by Crippen LogP contribution is -2.46. The van der Waals surface area contributed by atoms with Gasteiger partial charge in [-0.1, -0.05) is 42.5 Å². The van der Waals surface area contributed by atoms with Gasteiger partial charge in [-0.15, -0.1) is 22.7 Å². The molecule has 2 aromatic heterocycles. The van der Waals surface area contributed by atoms with E-state index in [1.54, 1.807) is 29.2 Å². The van der Waals surface area contributed by atoms with Gasteiger partial charge in [0.25, 0.3) is 5.91 Å². The van der Waals surface area contributed by atoms with Gasteiger partial charge >= 0.3 is 0 Å². The summed E-state index contributed by atoms with van der Waals surface area (Å²) >= 11 is 3.01. The summed E-state index contributed by atoms with van der Waals surface area (Å²) in [5, 5.41) is 3.93. The number of benzene rings is 2. The molecule has 37 heavy (non-hydrogen) atoms. The van der Waals surface area contributed by atoms with E-state index in [9.17, 15) is 14.4 Å².